The summed E-state index contributed by atoms with van der Waals surface area (Å²) in [5, 5.41) is 16.7. The molecule has 0 saturated carbocycles. The fraction of sp³-hybridized carbons (Fsp3) is 0.115. The van der Waals surface area contributed by atoms with Crippen LogP contribution >= 0.6 is 15.9 Å². The Kier molecular flexibility index (Phi) is 7.86. The van der Waals surface area contributed by atoms with Gasteiger partial charge in [-0.2, -0.15) is 5.10 Å². The van der Waals surface area contributed by atoms with Crippen LogP contribution in [0.3, 0.4) is 0 Å². The second kappa shape index (κ2) is 11.4. The van der Waals surface area contributed by atoms with E-state index in [1.54, 1.807) is 67.6 Å². The Morgan fingerprint density at radius 1 is 1.08 bits per heavy atom. The molecule has 0 radical (unpaired) electrons. The molecule has 0 unspecified atom stereocenters. The van der Waals surface area contributed by atoms with Crippen molar-refractivity contribution in [2.75, 3.05) is 13.4 Å². The van der Waals surface area contributed by atoms with Crippen LogP contribution in [0.2, 0.25) is 0 Å². The summed E-state index contributed by atoms with van der Waals surface area (Å²) in [6, 6.07) is 16.9. The number of amides is 2. The van der Waals surface area contributed by atoms with Gasteiger partial charge in [-0.25, -0.2) is 5.43 Å². The predicted molar refractivity (Wildman–Crippen MR) is 137 cm³/mol. The Bertz CT molecular complexity index is 1340. The van der Waals surface area contributed by atoms with Crippen molar-refractivity contribution in [2.24, 2.45) is 5.10 Å². The van der Waals surface area contributed by atoms with Crippen molar-refractivity contribution in [3.05, 3.63) is 87.5 Å². The maximum absolute atomic E-state index is 13.0. The van der Waals surface area contributed by atoms with E-state index in [2.05, 4.69) is 31.8 Å². The zero-order valence-electron chi connectivity index (χ0n) is 19.2. The van der Waals surface area contributed by atoms with Crippen LogP contribution in [0.5, 0.6) is 23.0 Å². The first kappa shape index (κ1) is 24.8. The van der Waals surface area contributed by atoms with Gasteiger partial charge in [-0.1, -0.05) is 24.3 Å². The number of aromatic hydroxyl groups is 1. The van der Waals surface area contributed by atoms with E-state index < -0.39 is 11.8 Å². The van der Waals surface area contributed by atoms with Gasteiger partial charge in [-0.15, -0.1) is 0 Å². The molecule has 0 aliphatic carbocycles. The van der Waals surface area contributed by atoms with Gasteiger partial charge < -0.3 is 24.6 Å². The predicted octanol–water partition coefficient (Wildman–Crippen LogP) is 4.20. The number of hydrogen-bond acceptors (Lipinski definition) is 7. The van der Waals surface area contributed by atoms with Crippen LogP contribution in [0.4, 0.5) is 0 Å². The molecule has 36 heavy (non-hydrogen) atoms. The van der Waals surface area contributed by atoms with Crippen molar-refractivity contribution in [1.29, 1.82) is 0 Å². The molecule has 10 heteroatoms. The number of nitrogens with one attached hydrogen (secondary N) is 2. The monoisotopic (exact) mass is 551 g/mol. The molecule has 4 rings (SSSR count). The maximum Gasteiger partial charge on any atom is 0.287 e. The number of halogens is 1. The fourth-order valence-electron chi connectivity index (χ4n) is 3.27. The molecular formula is C26H22BrN3O6. The first-order valence-electron chi connectivity index (χ1n) is 10.9. The van der Waals surface area contributed by atoms with Crippen LogP contribution in [0.1, 0.15) is 28.4 Å². The lowest BCUT2D eigenvalue weighted by Gasteiger charge is -2.10. The minimum absolute atomic E-state index is 0.0261. The molecule has 2 amide bonds. The van der Waals surface area contributed by atoms with Crippen LogP contribution in [-0.2, 0) is 4.79 Å². The van der Waals surface area contributed by atoms with Crippen molar-refractivity contribution in [3.63, 3.8) is 0 Å². The summed E-state index contributed by atoms with van der Waals surface area (Å²) in [6.45, 7) is 2.28. The highest BCUT2D eigenvalue weighted by Crippen LogP contribution is 2.35. The Morgan fingerprint density at radius 3 is 2.64 bits per heavy atom. The zero-order valence-corrected chi connectivity index (χ0v) is 20.7. The van der Waals surface area contributed by atoms with Crippen LogP contribution in [0, 0.1) is 0 Å². The van der Waals surface area contributed by atoms with Crippen LogP contribution in [0.25, 0.3) is 6.08 Å². The van der Waals surface area contributed by atoms with Crippen molar-refractivity contribution < 1.29 is 28.9 Å². The third kappa shape index (κ3) is 6.02. The van der Waals surface area contributed by atoms with Crippen molar-refractivity contribution in [2.45, 2.75) is 6.92 Å². The molecule has 3 aromatic carbocycles. The average Bonchev–Trinajstić information content (AvgIpc) is 3.35. The lowest BCUT2D eigenvalue weighted by molar-refractivity contribution is -0.117. The number of nitrogens with zero attached hydrogens (tertiary/aromatic N) is 1. The van der Waals surface area contributed by atoms with E-state index in [-0.39, 0.29) is 24.0 Å². The Morgan fingerprint density at radius 2 is 1.86 bits per heavy atom. The van der Waals surface area contributed by atoms with Gasteiger partial charge >= 0.3 is 0 Å². The van der Waals surface area contributed by atoms with Gasteiger partial charge in [0.1, 0.15) is 5.70 Å². The highest BCUT2D eigenvalue weighted by atomic mass is 79.9. The summed E-state index contributed by atoms with van der Waals surface area (Å²) < 4.78 is 16.5. The van der Waals surface area contributed by atoms with Gasteiger partial charge in [-0.3, -0.25) is 9.59 Å². The number of carbonyl (C=O) groups excluding carboxylic acids is 2. The number of phenols is 1. The molecule has 1 aliphatic rings. The summed E-state index contributed by atoms with van der Waals surface area (Å²) in [4.78, 5) is 25.7. The van der Waals surface area contributed by atoms with Gasteiger partial charge in [-0.05, 0) is 76.5 Å². The average molecular weight is 552 g/mol. The van der Waals surface area contributed by atoms with Crippen molar-refractivity contribution in [3.8, 4) is 23.0 Å². The topological polar surface area (TPSA) is 118 Å². The Labute approximate surface area is 215 Å². The number of hydrogen-bond donors (Lipinski definition) is 3. The smallest absolute Gasteiger partial charge is 0.287 e. The number of hydrazone groups is 1. The van der Waals surface area contributed by atoms with E-state index >= 15 is 0 Å². The molecule has 184 valence electrons. The van der Waals surface area contributed by atoms with E-state index in [1.165, 1.54) is 12.3 Å². The van der Waals surface area contributed by atoms with E-state index in [9.17, 15) is 14.7 Å². The third-order valence-electron chi connectivity index (χ3n) is 4.97. The SMILES string of the molecule is CCOc1cc(/C=N\NC(=O)/C(=C\c2ccc3c(c2)OCO3)NC(=O)c2ccccc2)cc(Br)c1O. The first-order chi connectivity index (χ1) is 17.4. The molecule has 3 N–H and O–H groups in total. The maximum atomic E-state index is 13.0. The molecule has 0 saturated heterocycles. The van der Waals surface area contributed by atoms with Crippen LogP contribution in [0.15, 0.2) is 75.9 Å². The highest BCUT2D eigenvalue weighted by molar-refractivity contribution is 9.10. The third-order valence-corrected chi connectivity index (χ3v) is 5.57. The van der Waals surface area contributed by atoms with Crippen molar-refractivity contribution in [1.82, 2.24) is 10.7 Å². The van der Waals surface area contributed by atoms with Gasteiger partial charge in [0.15, 0.2) is 23.0 Å². The normalized spacial score (nSPS) is 12.4. The largest absolute Gasteiger partial charge is 0.503 e. The van der Waals surface area contributed by atoms with E-state index in [1.807, 2.05) is 0 Å². The minimum Gasteiger partial charge on any atom is -0.503 e. The number of rotatable bonds is 8. The molecular weight excluding hydrogens is 530 g/mol. The summed E-state index contributed by atoms with van der Waals surface area (Å²) in [7, 11) is 0. The number of benzene rings is 3. The van der Waals surface area contributed by atoms with Gasteiger partial charge in [0.2, 0.25) is 6.79 Å². The van der Waals surface area contributed by atoms with E-state index in [4.69, 9.17) is 14.2 Å². The number of phenolic OH excluding ortho intramolecular Hbond substituents is 1. The molecule has 1 aliphatic heterocycles. The molecule has 0 bridgehead atoms. The Balaban J connectivity index is 1.56. The zero-order chi connectivity index (χ0) is 25.5. The second-order valence-electron chi connectivity index (χ2n) is 7.47. The number of carbonyl (C=O) groups is 2. The fourth-order valence-corrected chi connectivity index (χ4v) is 3.73. The molecule has 0 spiro atoms. The highest BCUT2D eigenvalue weighted by Gasteiger charge is 2.17. The van der Waals surface area contributed by atoms with Gasteiger partial charge in [0.05, 0.1) is 17.3 Å². The molecule has 0 aromatic heterocycles. The second-order valence-corrected chi connectivity index (χ2v) is 8.33. The summed E-state index contributed by atoms with van der Waals surface area (Å²) in [5.74, 6) is 0.289. The van der Waals surface area contributed by atoms with Gasteiger partial charge in [0, 0.05) is 5.56 Å². The quantitative estimate of drug-likeness (QED) is 0.219. The number of fused-ring (bicyclic) bond motifs is 1. The van der Waals surface area contributed by atoms with Crippen molar-refractivity contribution >= 4 is 40.0 Å². The minimum atomic E-state index is -0.643. The Hall–Kier alpha value is -4.31. The van der Waals surface area contributed by atoms with Crippen LogP contribution < -0.4 is 25.0 Å². The van der Waals surface area contributed by atoms with Gasteiger partial charge in [0.25, 0.3) is 11.8 Å². The summed E-state index contributed by atoms with van der Waals surface area (Å²) >= 11 is 3.26. The molecule has 3 aromatic rings. The van der Waals surface area contributed by atoms with E-state index in [0.29, 0.717) is 39.3 Å². The standard InChI is InChI=1S/C26H22BrN3O6/c1-2-34-23-13-17(10-19(27)24(23)31)14-28-30-26(33)20(29-25(32)18-6-4-3-5-7-18)11-16-8-9-21-22(12-16)36-15-35-21/h3-14,31H,2,15H2,1H3,(H,29,32)(H,30,33)/b20-11+,28-14-. The lowest BCUT2D eigenvalue weighted by atomic mass is 10.1. The van der Waals surface area contributed by atoms with E-state index in [0.717, 1.165) is 0 Å². The van der Waals surface area contributed by atoms with Crippen LogP contribution in [-0.4, -0.2) is 36.5 Å². The lowest BCUT2D eigenvalue weighted by Crippen LogP contribution is -2.32. The molecule has 0 atom stereocenters. The first-order valence-corrected chi connectivity index (χ1v) is 11.7. The molecule has 1 heterocycles. The number of ether oxygens (including phenoxy) is 3. The summed E-state index contributed by atoms with van der Waals surface area (Å²) in [6.07, 6.45) is 2.90. The molecule has 0 fully saturated rings. The molecule has 9 nitrogen and oxygen atoms in total. The summed E-state index contributed by atoms with van der Waals surface area (Å²) in [5.41, 5.74) is 3.97.